The Kier molecular flexibility index (Phi) is 4.11. The number of ether oxygens (including phenoxy) is 1. The van der Waals surface area contributed by atoms with Gasteiger partial charge in [0.2, 0.25) is 0 Å². The predicted octanol–water partition coefficient (Wildman–Crippen LogP) is 0.785. The van der Waals surface area contributed by atoms with Crippen molar-refractivity contribution >= 4 is 5.91 Å². The summed E-state index contributed by atoms with van der Waals surface area (Å²) in [5.41, 5.74) is -0.620. The van der Waals surface area contributed by atoms with Gasteiger partial charge in [0.05, 0.1) is 5.60 Å². The van der Waals surface area contributed by atoms with Gasteiger partial charge >= 0.3 is 0 Å². The molecule has 0 spiro atoms. The number of nitrogens with zero attached hydrogens (tertiary/aromatic N) is 1. The van der Waals surface area contributed by atoms with Crippen LogP contribution in [0.2, 0.25) is 0 Å². The highest BCUT2D eigenvalue weighted by molar-refractivity contribution is 5.80. The molecule has 1 fully saturated rings. The first-order chi connectivity index (χ1) is 6.96. The first kappa shape index (κ1) is 12.5. The fourth-order valence-corrected chi connectivity index (χ4v) is 1.84. The van der Waals surface area contributed by atoms with Gasteiger partial charge in [-0.25, -0.2) is 0 Å². The van der Waals surface area contributed by atoms with Gasteiger partial charge in [0.25, 0.3) is 5.91 Å². The van der Waals surface area contributed by atoms with E-state index in [-0.39, 0.29) is 12.0 Å². The number of carbonyl (C=O) groups excluding carboxylic acids is 1. The molecule has 0 saturated carbocycles. The number of hydrogen-bond acceptors (Lipinski definition) is 3. The van der Waals surface area contributed by atoms with E-state index in [1.165, 1.54) is 7.11 Å². The molecule has 1 heterocycles. The fourth-order valence-electron chi connectivity index (χ4n) is 1.84. The van der Waals surface area contributed by atoms with Crippen molar-refractivity contribution in [2.45, 2.75) is 44.8 Å². The molecular formula is C11H21NO3. The minimum Gasteiger partial charge on any atom is -0.390 e. The summed E-state index contributed by atoms with van der Waals surface area (Å²) in [7, 11) is 1.54. The molecular weight excluding hydrogens is 194 g/mol. The van der Waals surface area contributed by atoms with Crippen molar-refractivity contribution < 1.29 is 14.6 Å². The van der Waals surface area contributed by atoms with E-state index < -0.39 is 5.60 Å². The fraction of sp³-hybridized carbons (Fsp3) is 0.909. The number of rotatable bonds is 2. The lowest BCUT2D eigenvalue weighted by Crippen LogP contribution is -2.39. The second-order valence-electron chi connectivity index (χ2n) is 4.55. The summed E-state index contributed by atoms with van der Waals surface area (Å²) in [5.74, 6) is 0.0233. The molecule has 0 radical (unpaired) electrons. The molecule has 88 valence electrons. The van der Waals surface area contributed by atoms with Gasteiger partial charge in [0.15, 0.2) is 0 Å². The Bertz CT molecular complexity index is 228. The maximum atomic E-state index is 11.8. The van der Waals surface area contributed by atoms with E-state index in [1.807, 2.05) is 6.92 Å². The summed E-state index contributed by atoms with van der Waals surface area (Å²) in [6, 6.07) is 0. The highest BCUT2D eigenvalue weighted by atomic mass is 16.5. The topological polar surface area (TPSA) is 49.8 Å². The number of hydrogen-bond donors (Lipinski definition) is 1. The molecule has 1 aliphatic rings. The molecule has 0 aromatic carbocycles. The Balaban J connectivity index is 2.54. The molecule has 2 atom stereocenters. The third-order valence-electron chi connectivity index (χ3n) is 3.08. The van der Waals surface area contributed by atoms with Crippen LogP contribution in [0.4, 0.5) is 0 Å². The van der Waals surface area contributed by atoms with Gasteiger partial charge < -0.3 is 14.7 Å². The standard InChI is InChI=1S/C11H21NO3/c1-9(15-3)10(13)12-7-4-5-11(2,14)6-8-12/h9,14H,4-8H2,1-3H3. The van der Waals surface area contributed by atoms with E-state index in [1.54, 1.807) is 11.8 Å². The lowest BCUT2D eigenvalue weighted by Gasteiger charge is -2.24. The van der Waals surface area contributed by atoms with Gasteiger partial charge in [-0.15, -0.1) is 0 Å². The number of carbonyl (C=O) groups is 1. The highest BCUT2D eigenvalue weighted by Gasteiger charge is 2.28. The van der Waals surface area contributed by atoms with Crippen LogP contribution in [-0.2, 0) is 9.53 Å². The summed E-state index contributed by atoms with van der Waals surface area (Å²) in [4.78, 5) is 13.6. The minimum atomic E-state index is -0.620. The molecule has 0 aromatic heterocycles. The Morgan fingerprint density at radius 3 is 2.73 bits per heavy atom. The SMILES string of the molecule is COC(C)C(=O)N1CCCC(C)(O)CC1. The highest BCUT2D eigenvalue weighted by Crippen LogP contribution is 2.21. The molecule has 0 bridgehead atoms. The van der Waals surface area contributed by atoms with Crippen molar-refractivity contribution in [1.29, 1.82) is 0 Å². The van der Waals surface area contributed by atoms with E-state index in [0.29, 0.717) is 13.0 Å². The van der Waals surface area contributed by atoms with Crippen LogP contribution in [-0.4, -0.2) is 47.8 Å². The van der Waals surface area contributed by atoms with Crippen LogP contribution in [0.5, 0.6) is 0 Å². The zero-order valence-electron chi connectivity index (χ0n) is 9.82. The van der Waals surface area contributed by atoms with E-state index in [9.17, 15) is 9.90 Å². The molecule has 1 rings (SSSR count). The lowest BCUT2D eigenvalue weighted by molar-refractivity contribution is -0.141. The molecule has 0 aromatic rings. The second-order valence-corrected chi connectivity index (χ2v) is 4.55. The van der Waals surface area contributed by atoms with Crippen molar-refractivity contribution in [1.82, 2.24) is 4.90 Å². The lowest BCUT2D eigenvalue weighted by atomic mass is 9.98. The first-order valence-electron chi connectivity index (χ1n) is 5.50. The largest absolute Gasteiger partial charge is 0.390 e. The third-order valence-corrected chi connectivity index (χ3v) is 3.08. The zero-order valence-corrected chi connectivity index (χ0v) is 9.82. The van der Waals surface area contributed by atoms with Gasteiger partial charge in [0.1, 0.15) is 6.10 Å². The van der Waals surface area contributed by atoms with Crippen LogP contribution < -0.4 is 0 Å². The molecule has 15 heavy (non-hydrogen) atoms. The smallest absolute Gasteiger partial charge is 0.251 e. The third kappa shape index (κ3) is 3.47. The minimum absolute atomic E-state index is 0.0233. The van der Waals surface area contributed by atoms with Gasteiger partial charge in [-0.1, -0.05) is 0 Å². The average molecular weight is 215 g/mol. The Hall–Kier alpha value is -0.610. The maximum Gasteiger partial charge on any atom is 0.251 e. The van der Waals surface area contributed by atoms with Crippen LogP contribution in [0.25, 0.3) is 0 Å². The molecule has 1 amide bonds. The average Bonchev–Trinajstić information content (AvgIpc) is 2.37. The van der Waals surface area contributed by atoms with Gasteiger partial charge in [-0.3, -0.25) is 4.79 Å². The van der Waals surface area contributed by atoms with E-state index in [2.05, 4.69) is 0 Å². The van der Waals surface area contributed by atoms with E-state index in [4.69, 9.17) is 4.74 Å². The maximum absolute atomic E-state index is 11.8. The van der Waals surface area contributed by atoms with Crippen molar-refractivity contribution in [2.75, 3.05) is 20.2 Å². The first-order valence-corrected chi connectivity index (χ1v) is 5.50. The van der Waals surface area contributed by atoms with Crippen molar-refractivity contribution in [3.8, 4) is 0 Å². The number of likely N-dealkylation sites (tertiary alicyclic amines) is 1. The molecule has 4 heteroatoms. The molecule has 1 saturated heterocycles. The predicted molar refractivity (Wildman–Crippen MR) is 57.5 cm³/mol. The Labute approximate surface area is 91.2 Å². The van der Waals surface area contributed by atoms with Gasteiger partial charge in [-0.05, 0) is 33.1 Å². The van der Waals surface area contributed by atoms with Crippen molar-refractivity contribution in [2.24, 2.45) is 0 Å². The second kappa shape index (κ2) is 4.94. The Morgan fingerprint density at radius 2 is 2.13 bits per heavy atom. The summed E-state index contributed by atoms with van der Waals surface area (Å²) < 4.78 is 5.00. The van der Waals surface area contributed by atoms with Crippen molar-refractivity contribution in [3.05, 3.63) is 0 Å². The monoisotopic (exact) mass is 215 g/mol. The summed E-state index contributed by atoms with van der Waals surface area (Å²) >= 11 is 0. The molecule has 1 N–H and O–H groups in total. The van der Waals surface area contributed by atoms with Gasteiger partial charge in [0, 0.05) is 20.2 Å². The van der Waals surface area contributed by atoms with E-state index >= 15 is 0 Å². The van der Waals surface area contributed by atoms with Crippen LogP contribution in [0.15, 0.2) is 0 Å². The number of aliphatic hydroxyl groups is 1. The van der Waals surface area contributed by atoms with Gasteiger partial charge in [-0.2, -0.15) is 0 Å². The number of methoxy groups -OCH3 is 1. The molecule has 1 aliphatic heterocycles. The molecule has 2 unspecified atom stereocenters. The zero-order chi connectivity index (χ0) is 11.5. The van der Waals surface area contributed by atoms with Crippen molar-refractivity contribution in [3.63, 3.8) is 0 Å². The van der Waals surface area contributed by atoms with Crippen LogP contribution in [0.1, 0.15) is 33.1 Å². The summed E-state index contributed by atoms with van der Waals surface area (Å²) in [6.45, 7) is 4.94. The molecule has 0 aliphatic carbocycles. The Morgan fingerprint density at radius 1 is 1.47 bits per heavy atom. The molecule has 4 nitrogen and oxygen atoms in total. The quantitative estimate of drug-likeness (QED) is 0.740. The van der Waals surface area contributed by atoms with E-state index in [0.717, 1.165) is 19.4 Å². The number of amides is 1. The van der Waals surface area contributed by atoms with Crippen LogP contribution >= 0.6 is 0 Å². The normalized spacial score (nSPS) is 29.7. The summed E-state index contributed by atoms with van der Waals surface area (Å²) in [5, 5.41) is 9.88. The summed E-state index contributed by atoms with van der Waals surface area (Å²) in [6.07, 6.45) is 1.88. The van der Waals surface area contributed by atoms with Crippen LogP contribution in [0, 0.1) is 0 Å². The van der Waals surface area contributed by atoms with Crippen LogP contribution in [0.3, 0.4) is 0 Å².